The van der Waals surface area contributed by atoms with Gasteiger partial charge < -0.3 is 4.74 Å². The number of alkyl halides is 3. The lowest BCUT2D eigenvalue weighted by molar-refractivity contribution is -0.136. The van der Waals surface area contributed by atoms with E-state index in [1.54, 1.807) is 43.5 Å². The fourth-order valence-corrected chi connectivity index (χ4v) is 3.98. The summed E-state index contributed by atoms with van der Waals surface area (Å²) in [4.78, 5) is 9.40. The number of methoxy groups -OCH3 is 1. The molecule has 0 amide bonds. The van der Waals surface area contributed by atoms with Crippen molar-refractivity contribution >= 4 is 33.6 Å². The number of hydrogen-bond acceptors (Lipinski definition) is 4. The zero-order chi connectivity index (χ0) is 19.7. The lowest BCUT2D eigenvalue weighted by atomic mass is 10.0. The van der Waals surface area contributed by atoms with Gasteiger partial charge in [-0.2, -0.15) is 13.2 Å². The van der Waals surface area contributed by atoms with Gasteiger partial charge in [0.1, 0.15) is 5.75 Å². The summed E-state index contributed by atoms with van der Waals surface area (Å²) in [6.07, 6.45) is -1.90. The van der Waals surface area contributed by atoms with Gasteiger partial charge in [-0.1, -0.05) is 18.2 Å². The highest BCUT2D eigenvalue weighted by Gasteiger charge is 2.36. The molecule has 142 valence electrons. The third-order valence-electron chi connectivity index (χ3n) is 4.42. The standard InChI is InChI=1S/C21H15F3N2OS/c1-27-14-6-8-15(9-7-14)28-12-13-10-26-20-16-4-2-3-5-18(16)25-11-17(20)19(13)21(22,23)24/h2-11H,12H2,1H3. The number of para-hydroxylation sites is 1. The van der Waals surface area contributed by atoms with Crippen LogP contribution in [-0.4, -0.2) is 17.1 Å². The van der Waals surface area contributed by atoms with Crippen LogP contribution in [0.15, 0.2) is 65.8 Å². The minimum Gasteiger partial charge on any atom is -0.497 e. The number of nitrogens with zero attached hydrogens (tertiary/aromatic N) is 2. The van der Waals surface area contributed by atoms with E-state index in [1.165, 1.54) is 24.2 Å². The Hall–Kier alpha value is -2.80. The SMILES string of the molecule is COc1ccc(SCc2cnc3c(cnc4ccccc43)c2C(F)(F)F)cc1. The fourth-order valence-electron chi connectivity index (χ4n) is 3.11. The first-order valence-electron chi connectivity index (χ1n) is 8.47. The number of ether oxygens (including phenoxy) is 1. The van der Waals surface area contributed by atoms with Crippen molar-refractivity contribution in [2.24, 2.45) is 0 Å². The van der Waals surface area contributed by atoms with Crippen LogP contribution in [0.5, 0.6) is 5.75 Å². The van der Waals surface area contributed by atoms with E-state index in [0.717, 1.165) is 4.90 Å². The number of pyridine rings is 2. The molecule has 2 aromatic carbocycles. The molecule has 3 nitrogen and oxygen atoms in total. The molecule has 0 aliphatic carbocycles. The summed E-state index contributed by atoms with van der Waals surface area (Å²) in [5.41, 5.74) is 0.404. The first kappa shape index (κ1) is 18.6. The third-order valence-corrected chi connectivity index (χ3v) is 5.49. The van der Waals surface area contributed by atoms with E-state index in [1.807, 2.05) is 12.1 Å². The predicted molar refractivity (Wildman–Crippen MR) is 105 cm³/mol. The summed E-state index contributed by atoms with van der Waals surface area (Å²) >= 11 is 1.32. The molecule has 0 unspecified atom stereocenters. The van der Waals surface area contributed by atoms with Gasteiger partial charge in [0.2, 0.25) is 0 Å². The van der Waals surface area contributed by atoms with Gasteiger partial charge in [-0.15, -0.1) is 11.8 Å². The minimum absolute atomic E-state index is 0.0269. The zero-order valence-electron chi connectivity index (χ0n) is 14.8. The number of rotatable bonds is 4. The Balaban J connectivity index is 1.78. The maximum atomic E-state index is 13.9. The largest absolute Gasteiger partial charge is 0.497 e. The third kappa shape index (κ3) is 3.49. The number of halogens is 3. The van der Waals surface area contributed by atoms with E-state index < -0.39 is 11.7 Å². The molecule has 2 heterocycles. The zero-order valence-corrected chi connectivity index (χ0v) is 15.6. The van der Waals surface area contributed by atoms with E-state index in [4.69, 9.17) is 4.74 Å². The van der Waals surface area contributed by atoms with Crippen molar-refractivity contribution in [2.75, 3.05) is 7.11 Å². The quantitative estimate of drug-likeness (QED) is 0.306. The molecule has 0 spiro atoms. The van der Waals surface area contributed by atoms with Crippen LogP contribution in [0.3, 0.4) is 0 Å². The molecular weight excluding hydrogens is 385 g/mol. The van der Waals surface area contributed by atoms with Crippen molar-refractivity contribution < 1.29 is 17.9 Å². The molecule has 0 atom stereocenters. The first-order chi connectivity index (χ1) is 13.5. The lowest BCUT2D eigenvalue weighted by Crippen LogP contribution is -2.11. The van der Waals surface area contributed by atoms with Crippen LogP contribution in [0.1, 0.15) is 11.1 Å². The van der Waals surface area contributed by atoms with Crippen LogP contribution in [0.25, 0.3) is 21.8 Å². The molecule has 0 aliphatic heterocycles. The highest BCUT2D eigenvalue weighted by Crippen LogP contribution is 2.40. The Morgan fingerprint density at radius 3 is 2.39 bits per heavy atom. The molecule has 0 N–H and O–H groups in total. The van der Waals surface area contributed by atoms with Crippen LogP contribution in [-0.2, 0) is 11.9 Å². The molecule has 0 saturated carbocycles. The first-order valence-corrected chi connectivity index (χ1v) is 9.45. The summed E-state index contributed by atoms with van der Waals surface area (Å²) in [5.74, 6) is 0.849. The number of aromatic nitrogens is 2. The molecule has 4 rings (SSSR count). The van der Waals surface area contributed by atoms with E-state index in [0.29, 0.717) is 22.2 Å². The number of fused-ring (bicyclic) bond motifs is 3. The Kier molecular flexibility index (Phi) is 4.85. The Morgan fingerprint density at radius 2 is 1.68 bits per heavy atom. The average molecular weight is 400 g/mol. The molecule has 0 saturated heterocycles. The van der Waals surface area contributed by atoms with Crippen molar-refractivity contribution in [3.63, 3.8) is 0 Å². The Morgan fingerprint density at radius 1 is 0.929 bits per heavy atom. The number of hydrogen-bond donors (Lipinski definition) is 0. The average Bonchev–Trinajstić information content (AvgIpc) is 2.71. The molecule has 0 bridgehead atoms. The van der Waals surface area contributed by atoms with E-state index in [9.17, 15) is 13.2 Å². The summed E-state index contributed by atoms with van der Waals surface area (Å²) in [5, 5.41) is 0.638. The molecule has 28 heavy (non-hydrogen) atoms. The predicted octanol–water partition coefficient (Wildman–Crippen LogP) is 6.10. The van der Waals surface area contributed by atoms with Crippen LogP contribution >= 0.6 is 11.8 Å². The van der Waals surface area contributed by atoms with Gasteiger partial charge in [0, 0.05) is 33.8 Å². The van der Waals surface area contributed by atoms with E-state index in [2.05, 4.69) is 9.97 Å². The molecule has 0 aliphatic rings. The molecular formula is C21H15F3N2OS. The monoisotopic (exact) mass is 400 g/mol. The summed E-state index contributed by atoms with van der Waals surface area (Å²) in [6, 6.07) is 14.3. The van der Waals surface area contributed by atoms with Gasteiger partial charge in [-0.05, 0) is 35.9 Å². The second-order valence-electron chi connectivity index (χ2n) is 6.16. The molecule has 2 aromatic heterocycles. The molecule has 7 heteroatoms. The van der Waals surface area contributed by atoms with E-state index in [-0.39, 0.29) is 16.7 Å². The lowest BCUT2D eigenvalue weighted by Gasteiger charge is -2.16. The highest BCUT2D eigenvalue weighted by molar-refractivity contribution is 7.98. The maximum Gasteiger partial charge on any atom is 0.417 e. The fraction of sp³-hybridized carbons (Fsp3) is 0.143. The number of thioether (sulfide) groups is 1. The van der Waals surface area contributed by atoms with Gasteiger partial charge in [0.15, 0.2) is 0 Å². The topological polar surface area (TPSA) is 35.0 Å². The van der Waals surface area contributed by atoms with Gasteiger partial charge in [-0.25, -0.2) is 0 Å². The highest BCUT2D eigenvalue weighted by atomic mass is 32.2. The molecule has 0 radical (unpaired) electrons. The summed E-state index contributed by atoms with van der Waals surface area (Å²) in [6.45, 7) is 0. The minimum atomic E-state index is -4.50. The Bertz CT molecular complexity index is 1140. The van der Waals surface area contributed by atoms with Gasteiger partial charge in [0.25, 0.3) is 0 Å². The van der Waals surface area contributed by atoms with Crippen molar-refractivity contribution in [3.8, 4) is 5.75 Å². The Labute approximate surface area is 163 Å². The van der Waals surface area contributed by atoms with Crippen LogP contribution in [0.2, 0.25) is 0 Å². The van der Waals surface area contributed by atoms with Gasteiger partial charge in [-0.3, -0.25) is 9.97 Å². The van der Waals surface area contributed by atoms with Crippen molar-refractivity contribution in [1.82, 2.24) is 9.97 Å². The van der Waals surface area contributed by atoms with Crippen LogP contribution in [0, 0.1) is 0 Å². The molecule has 0 fully saturated rings. The van der Waals surface area contributed by atoms with Crippen molar-refractivity contribution in [2.45, 2.75) is 16.8 Å². The van der Waals surface area contributed by atoms with Crippen molar-refractivity contribution in [3.05, 3.63) is 72.1 Å². The summed E-state index contributed by atoms with van der Waals surface area (Å²) in [7, 11) is 1.57. The van der Waals surface area contributed by atoms with Crippen LogP contribution < -0.4 is 4.74 Å². The maximum absolute atomic E-state index is 13.9. The van der Waals surface area contributed by atoms with Gasteiger partial charge in [0.05, 0.1) is 23.7 Å². The molecule has 4 aromatic rings. The normalized spacial score (nSPS) is 11.9. The van der Waals surface area contributed by atoms with Crippen molar-refractivity contribution in [1.29, 1.82) is 0 Å². The van der Waals surface area contributed by atoms with E-state index >= 15 is 0 Å². The second-order valence-corrected chi connectivity index (χ2v) is 7.21. The van der Waals surface area contributed by atoms with Gasteiger partial charge >= 0.3 is 6.18 Å². The summed E-state index contributed by atoms with van der Waals surface area (Å²) < 4.78 is 46.9. The second kappa shape index (κ2) is 7.31. The smallest absolute Gasteiger partial charge is 0.417 e. The number of benzene rings is 2. The van der Waals surface area contributed by atoms with Crippen LogP contribution in [0.4, 0.5) is 13.2 Å².